The molecule has 1 saturated heterocycles. The van der Waals surface area contributed by atoms with E-state index in [0.717, 1.165) is 30.6 Å². The minimum absolute atomic E-state index is 0.000574. The first-order valence-electron chi connectivity index (χ1n) is 9.57. The van der Waals surface area contributed by atoms with Crippen LogP contribution in [0.4, 0.5) is 4.39 Å². The zero-order chi connectivity index (χ0) is 19.2. The zero-order valence-corrected chi connectivity index (χ0v) is 15.7. The fourth-order valence-electron chi connectivity index (χ4n) is 3.43. The number of amides is 1. The molecule has 0 aliphatic carbocycles. The molecule has 2 aromatic rings. The molecule has 7 heteroatoms. The molecule has 1 aliphatic heterocycles. The number of aromatic nitrogens is 2. The second-order valence-electron chi connectivity index (χ2n) is 6.75. The van der Waals surface area contributed by atoms with Crippen molar-refractivity contribution in [3.63, 3.8) is 0 Å². The van der Waals surface area contributed by atoms with Crippen molar-refractivity contribution in [2.75, 3.05) is 26.2 Å². The number of nitrogens with zero attached hydrogens (tertiary/aromatic N) is 3. The van der Waals surface area contributed by atoms with Crippen LogP contribution in [0.25, 0.3) is 5.69 Å². The fraction of sp³-hybridized carbons (Fsp3) is 0.500. The maximum atomic E-state index is 13.2. The number of piperidine rings is 1. The molecule has 2 N–H and O–H groups in total. The van der Waals surface area contributed by atoms with Gasteiger partial charge in [-0.05, 0) is 56.5 Å². The van der Waals surface area contributed by atoms with Gasteiger partial charge in [0.05, 0.1) is 29.2 Å². The molecule has 0 spiro atoms. The molecule has 2 heterocycles. The Balaban J connectivity index is 1.68. The highest BCUT2D eigenvalue weighted by atomic mass is 19.1. The van der Waals surface area contributed by atoms with Gasteiger partial charge in [-0.2, -0.15) is 5.10 Å². The summed E-state index contributed by atoms with van der Waals surface area (Å²) in [6, 6.07) is 6.13. The lowest BCUT2D eigenvalue weighted by Crippen LogP contribution is -2.41. The van der Waals surface area contributed by atoms with Crippen molar-refractivity contribution in [2.45, 2.75) is 38.7 Å². The molecule has 1 aromatic heterocycles. The summed E-state index contributed by atoms with van der Waals surface area (Å²) >= 11 is 0. The Hall–Kier alpha value is -2.25. The van der Waals surface area contributed by atoms with Gasteiger partial charge in [0.1, 0.15) is 5.82 Å². The smallest absolute Gasteiger partial charge is 0.257 e. The highest BCUT2D eigenvalue weighted by Gasteiger charge is 2.27. The van der Waals surface area contributed by atoms with Crippen LogP contribution >= 0.6 is 0 Å². The fourth-order valence-corrected chi connectivity index (χ4v) is 3.43. The maximum Gasteiger partial charge on any atom is 0.257 e. The highest BCUT2D eigenvalue weighted by Crippen LogP contribution is 2.21. The predicted molar refractivity (Wildman–Crippen MR) is 101 cm³/mol. The van der Waals surface area contributed by atoms with Crippen molar-refractivity contribution < 1.29 is 13.9 Å². The highest BCUT2D eigenvalue weighted by molar-refractivity contribution is 5.95. The molecule has 27 heavy (non-hydrogen) atoms. The number of ether oxygens (including phenoxy) is 1. The second kappa shape index (κ2) is 9.10. The van der Waals surface area contributed by atoms with Crippen LogP contribution in [0, 0.1) is 5.82 Å². The number of nitrogens with two attached hydrogens (primary N) is 1. The Morgan fingerprint density at radius 3 is 2.63 bits per heavy atom. The van der Waals surface area contributed by atoms with Crippen LogP contribution < -0.4 is 5.73 Å². The van der Waals surface area contributed by atoms with Crippen molar-refractivity contribution in [3.8, 4) is 5.69 Å². The average Bonchev–Trinajstić information content (AvgIpc) is 3.13. The lowest BCUT2D eigenvalue weighted by atomic mass is 10.1. The van der Waals surface area contributed by atoms with Crippen LogP contribution in [0.3, 0.4) is 0 Å². The monoisotopic (exact) mass is 374 g/mol. The Labute approximate surface area is 159 Å². The second-order valence-corrected chi connectivity index (χ2v) is 6.75. The van der Waals surface area contributed by atoms with Crippen molar-refractivity contribution in [1.82, 2.24) is 14.7 Å². The molecule has 3 rings (SSSR count). The quantitative estimate of drug-likeness (QED) is 0.756. The Morgan fingerprint density at radius 2 is 2.00 bits per heavy atom. The van der Waals surface area contributed by atoms with Crippen LogP contribution in [0.5, 0.6) is 0 Å². The standard InChI is InChI=1S/C20H27FN4O2/c1-2-19-18(14-23-25(19)16-6-4-15(21)5-7-16)20(26)24-11-8-17(9-12-24)27-13-3-10-22/h4-7,14,17H,2-3,8-13,22H2,1H3. The molecular formula is C20H27FN4O2. The lowest BCUT2D eigenvalue weighted by molar-refractivity contribution is 0.00842. The minimum Gasteiger partial charge on any atom is -0.378 e. The third kappa shape index (κ3) is 4.54. The van der Waals surface area contributed by atoms with Gasteiger partial charge in [-0.15, -0.1) is 0 Å². The van der Waals surface area contributed by atoms with Gasteiger partial charge in [0, 0.05) is 19.7 Å². The lowest BCUT2D eigenvalue weighted by Gasteiger charge is -2.32. The van der Waals surface area contributed by atoms with Crippen molar-refractivity contribution in [2.24, 2.45) is 5.73 Å². The van der Waals surface area contributed by atoms with Gasteiger partial charge < -0.3 is 15.4 Å². The van der Waals surface area contributed by atoms with E-state index in [-0.39, 0.29) is 17.8 Å². The minimum atomic E-state index is -0.295. The first-order chi connectivity index (χ1) is 13.1. The Morgan fingerprint density at radius 1 is 1.30 bits per heavy atom. The van der Waals surface area contributed by atoms with Crippen molar-refractivity contribution in [1.29, 1.82) is 0 Å². The first-order valence-corrected chi connectivity index (χ1v) is 9.57. The molecule has 6 nitrogen and oxygen atoms in total. The number of carbonyl (C=O) groups is 1. The molecule has 1 fully saturated rings. The summed E-state index contributed by atoms with van der Waals surface area (Å²) in [4.78, 5) is 14.9. The van der Waals surface area contributed by atoms with Gasteiger partial charge in [0.25, 0.3) is 5.91 Å². The third-order valence-electron chi connectivity index (χ3n) is 4.94. The molecule has 0 bridgehead atoms. The topological polar surface area (TPSA) is 73.4 Å². The predicted octanol–water partition coefficient (Wildman–Crippen LogP) is 2.54. The summed E-state index contributed by atoms with van der Waals surface area (Å²) in [5.74, 6) is -0.294. The summed E-state index contributed by atoms with van der Waals surface area (Å²) in [5, 5.41) is 4.38. The normalized spacial score (nSPS) is 15.3. The van der Waals surface area contributed by atoms with Crippen LogP contribution in [-0.4, -0.2) is 52.9 Å². The number of rotatable bonds is 7. The van der Waals surface area contributed by atoms with Crippen molar-refractivity contribution >= 4 is 5.91 Å². The van der Waals surface area contributed by atoms with Crippen LogP contribution in [0.2, 0.25) is 0 Å². The third-order valence-corrected chi connectivity index (χ3v) is 4.94. The number of benzene rings is 1. The van der Waals surface area contributed by atoms with Gasteiger partial charge >= 0.3 is 0 Å². The largest absolute Gasteiger partial charge is 0.378 e. The summed E-state index contributed by atoms with van der Waals surface area (Å²) in [6.45, 7) is 4.66. The molecule has 1 aromatic carbocycles. The van der Waals surface area contributed by atoms with E-state index in [1.165, 1.54) is 12.1 Å². The van der Waals surface area contributed by atoms with E-state index in [1.54, 1.807) is 23.0 Å². The number of halogens is 1. The number of carbonyl (C=O) groups excluding carboxylic acids is 1. The first kappa shape index (κ1) is 19.5. The van der Waals surface area contributed by atoms with E-state index in [9.17, 15) is 9.18 Å². The summed E-state index contributed by atoms with van der Waals surface area (Å²) < 4.78 is 20.7. The van der Waals surface area contributed by atoms with E-state index in [1.807, 2.05) is 11.8 Å². The summed E-state index contributed by atoms with van der Waals surface area (Å²) in [7, 11) is 0. The molecular weight excluding hydrogens is 347 g/mol. The van der Waals surface area contributed by atoms with E-state index in [4.69, 9.17) is 10.5 Å². The molecule has 0 saturated carbocycles. The van der Waals surface area contributed by atoms with Crippen LogP contribution in [0.15, 0.2) is 30.5 Å². The van der Waals surface area contributed by atoms with E-state index in [2.05, 4.69) is 5.10 Å². The maximum absolute atomic E-state index is 13.2. The van der Waals surface area contributed by atoms with Gasteiger partial charge in [0.15, 0.2) is 0 Å². The number of hydrogen-bond acceptors (Lipinski definition) is 4. The summed E-state index contributed by atoms with van der Waals surface area (Å²) in [6.07, 6.45) is 5.02. The van der Waals surface area contributed by atoms with Gasteiger partial charge in [-0.1, -0.05) is 6.92 Å². The number of likely N-dealkylation sites (tertiary alicyclic amines) is 1. The van der Waals surface area contributed by atoms with Crippen molar-refractivity contribution in [3.05, 3.63) is 47.5 Å². The zero-order valence-electron chi connectivity index (χ0n) is 15.7. The van der Waals surface area contributed by atoms with E-state index in [0.29, 0.717) is 38.2 Å². The number of hydrogen-bond donors (Lipinski definition) is 1. The SMILES string of the molecule is CCc1c(C(=O)N2CCC(OCCCN)CC2)cnn1-c1ccc(F)cc1. The molecule has 0 atom stereocenters. The van der Waals surface area contributed by atoms with Gasteiger partial charge in [-0.25, -0.2) is 9.07 Å². The molecule has 0 radical (unpaired) electrons. The molecule has 0 unspecified atom stereocenters. The van der Waals surface area contributed by atoms with Gasteiger partial charge in [0.2, 0.25) is 0 Å². The van der Waals surface area contributed by atoms with Crippen LogP contribution in [-0.2, 0) is 11.2 Å². The molecule has 146 valence electrons. The molecule has 1 aliphatic rings. The van der Waals surface area contributed by atoms with E-state index >= 15 is 0 Å². The van der Waals surface area contributed by atoms with E-state index < -0.39 is 0 Å². The summed E-state index contributed by atoms with van der Waals surface area (Å²) in [5.41, 5.74) is 7.69. The average molecular weight is 374 g/mol. The Kier molecular flexibility index (Phi) is 6.58. The van der Waals surface area contributed by atoms with Crippen LogP contribution in [0.1, 0.15) is 42.2 Å². The van der Waals surface area contributed by atoms with Gasteiger partial charge in [-0.3, -0.25) is 4.79 Å². The Bertz CT molecular complexity index is 752. The molecule has 1 amide bonds.